The molecular weight excluding hydrogens is 650 g/mol. The van der Waals surface area contributed by atoms with Gasteiger partial charge in [-0.2, -0.15) is 0 Å². The summed E-state index contributed by atoms with van der Waals surface area (Å²) in [6.45, 7) is 12.7. The van der Waals surface area contributed by atoms with Gasteiger partial charge in [0.2, 0.25) is 6.29 Å². The van der Waals surface area contributed by atoms with Crippen molar-refractivity contribution in [1.29, 1.82) is 0 Å². The van der Waals surface area contributed by atoms with Crippen LogP contribution in [-0.2, 0) is 44.5 Å². The molecule has 4 heterocycles. The molecule has 1 aromatic carbocycles. The van der Waals surface area contributed by atoms with Crippen molar-refractivity contribution in [2.45, 2.75) is 97.4 Å². The minimum Gasteiger partial charge on any atom is -0.428 e. The first-order valence-electron chi connectivity index (χ1n) is 17.0. The maximum atomic E-state index is 11.1. The van der Waals surface area contributed by atoms with Crippen LogP contribution in [0.3, 0.4) is 0 Å². The van der Waals surface area contributed by atoms with Gasteiger partial charge < -0.3 is 46.7 Å². The number of nitrogens with zero attached hydrogens (tertiary/aromatic N) is 1. The first-order valence-corrected chi connectivity index (χ1v) is 17.0. The molecule has 288 valence electrons. The molecule has 2 saturated heterocycles. The standard InChI is InChI=1S/C9H8O3.C8H16O2.C7H15NO2.C6H8O4.C6H12O.CH4/c1-11-9-7-5-3-2-4-6(7)8(10)12-9;1-8(2)5-4-7(10-8)6-9-3;1-9-5-2-8-3-6-10-7-4-8;1-4-5(3-8-2)10-6(7)9-4;1-7-6-4-2-3-5-6;/h2-5,9H,1H3;7H,4-6H2,1-3H3;2-7H2,1H3;3H2,1-2H3;6H,2-5H2,1H3;1H4. The second-order valence-corrected chi connectivity index (χ2v) is 12.5. The SMILES string of the molecule is C.COC1CCCC1.COC1OC(=O)c2ccccc21.COCC1CCC(C)(C)O1.COCCN1CCOCC1.COCc1oc(=O)oc1C. The van der Waals surface area contributed by atoms with Crippen LogP contribution in [0.25, 0.3) is 0 Å². The van der Waals surface area contributed by atoms with E-state index in [0.29, 0.717) is 29.3 Å². The highest BCUT2D eigenvalue weighted by molar-refractivity contribution is 5.93. The molecule has 50 heavy (non-hydrogen) atoms. The van der Waals surface area contributed by atoms with Crippen molar-refractivity contribution in [1.82, 2.24) is 4.90 Å². The van der Waals surface area contributed by atoms with Gasteiger partial charge in [0.25, 0.3) is 0 Å². The van der Waals surface area contributed by atoms with Crippen LogP contribution in [0.2, 0.25) is 0 Å². The van der Waals surface area contributed by atoms with E-state index in [4.69, 9.17) is 37.9 Å². The summed E-state index contributed by atoms with van der Waals surface area (Å²) in [5, 5.41) is 0. The number of benzene rings is 1. The molecule has 2 unspecified atom stereocenters. The van der Waals surface area contributed by atoms with Crippen LogP contribution in [0.15, 0.2) is 37.9 Å². The van der Waals surface area contributed by atoms with Crippen molar-refractivity contribution in [2.24, 2.45) is 0 Å². The number of rotatable bonds is 9. The van der Waals surface area contributed by atoms with Crippen molar-refractivity contribution in [2.75, 3.05) is 81.6 Å². The first-order chi connectivity index (χ1) is 23.6. The van der Waals surface area contributed by atoms with Crippen molar-refractivity contribution in [3.8, 4) is 0 Å². The molecule has 4 aliphatic rings. The Labute approximate surface area is 298 Å². The van der Waals surface area contributed by atoms with Crippen molar-refractivity contribution < 1.29 is 51.5 Å². The monoisotopic (exact) mass is 713 g/mol. The van der Waals surface area contributed by atoms with E-state index in [-0.39, 0.29) is 25.6 Å². The number of fused-ring (bicyclic) bond motifs is 1. The number of hydrogen-bond donors (Lipinski definition) is 0. The summed E-state index contributed by atoms with van der Waals surface area (Å²) < 4.78 is 49.7. The van der Waals surface area contributed by atoms with Gasteiger partial charge in [-0.3, -0.25) is 4.90 Å². The van der Waals surface area contributed by atoms with E-state index in [1.807, 2.05) is 12.1 Å². The van der Waals surface area contributed by atoms with Gasteiger partial charge in [-0.1, -0.05) is 38.5 Å². The summed E-state index contributed by atoms with van der Waals surface area (Å²) in [5.41, 5.74) is 1.50. The maximum Gasteiger partial charge on any atom is 0.519 e. The molecule has 13 nitrogen and oxygen atoms in total. The van der Waals surface area contributed by atoms with E-state index in [9.17, 15) is 9.59 Å². The molecular formula is C37H63NO12. The highest BCUT2D eigenvalue weighted by Crippen LogP contribution is 2.30. The quantitative estimate of drug-likeness (QED) is 0.283. The van der Waals surface area contributed by atoms with Crippen LogP contribution in [0.5, 0.6) is 0 Å². The number of methoxy groups -OCH3 is 5. The predicted octanol–water partition coefficient (Wildman–Crippen LogP) is 5.96. The molecule has 3 aliphatic heterocycles. The van der Waals surface area contributed by atoms with Gasteiger partial charge in [0.15, 0.2) is 5.76 Å². The lowest BCUT2D eigenvalue weighted by molar-refractivity contribution is -0.0816. The number of ether oxygens (including phenoxy) is 8. The molecule has 0 radical (unpaired) electrons. The Kier molecular flexibility index (Phi) is 23.0. The second-order valence-electron chi connectivity index (χ2n) is 12.5. The Bertz CT molecular complexity index is 1220. The minimum atomic E-state index is -0.676. The molecule has 0 amide bonds. The number of hydrogen-bond acceptors (Lipinski definition) is 13. The van der Waals surface area contributed by atoms with Gasteiger partial charge in [-0.15, -0.1) is 0 Å². The first kappa shape index (κ1) is 45.4. The van der Waals surface area contributed by atoms with Gasteiger partial charge in [0.05, 0.1) is 49.8 Å². The number of esters is 1. The van der Waals surface area contributed by atoms with Gasteiger partial charge in [0, 0.05) is 60.7 Å². The van der Waals surface area contributed by atoms with Gasteiger partial charge in [-0.05, 0) is 52.5 Å². The van der Waals surface area contributed by atoms with Gasteiger partial charge in [-0.25, -0.2) is 9.59 Å². The molecule has 3 fully saturated rings. The topological polar surface area (TPSA) is 138 Å². The lowest BCUT2D eigenvalue weighted by Gasteiger charge is -2.25. The summed E-state index contributed by atoms with van der Waals surface area (Å²) >= 11 is 0. The molecule has 0 spiro atoms. The molecule has 13 heteroatoms. The molecule has 1 aromatic heterocycles. The molecule has 2 aromatic rings. The Morgan fingerprint density at radius 3 is 2.06 bits per heavy atom. The largest absolute Gasteiger partial charge is 0.519 e. The van der Waals surface area contributed by atoms with E-state index in [1.165, 1.54) is 39.9 Å². The second kappa shape index (κ2) is 25.4. The number of cyclic esters (lactones) is 1. The Morgan fingerprint density at radius 2 is 1.56 bits per heavy atom. The number of aryl methyl sites for hydroxylation is 1. The highest BCUT2D eigenvalue weighted by atomic mass is 16.7. The smallest absolute Gasteiger partial charge is 0.428 e. The summed E-state index contributed by atoms with van der Waals surface area (Å²) in [5.74, 6) is -0.0543. The Hall–Kier alpha value is -2.62. The molecule has 2 atom stereocenters. The third kappa shape index (κ3) is 17.1. The van der Waals surface area contributed by atoms with E-state index in [1.54, 1.807) is 40.4 Å². The van der Waals surface area contributed by atoms with Crippen LogP contribution >= 0.6 is 0 Å². The number of carbonyl (C=O) groups is 1. The third-order valence-electron chi connectivity index (χ3n) is 8.23. The summed E-state index contributed by atoms with van der Waals surface area (Å²) in [4.78, 5) is 23.9. The minimum absolute atomic E-state index is 0. The van der Waals surface area contributed by atoms with Crippen LogP contribution in [-0.4, -0.2) is 110 Å². The average molecular weight is 714 g/mol. The Balaban J connectivity index is 0.000000314. The van der Waals surface area contributed by atoms with Crippen LogP contribution in [0.4, 0.5) is 0 Å². The van der Waals surface area contributed by atoms with Crippen molar-refractivity contribution in [3.05, 3.63) is 57.5 Å². The molecule has 1 saturated carbocycles. The lowest BCUT2D eigenvalue weighted by Crippen LogP contribution is -2.38. The molecule has 6 rings (SSSR count). The zero-order valence-electron chi connectivity index (χ0n) is 30.8. The van der Waals surface area contributed by atoms with Crippen LogP contribution in [0, 0.1) is 6.92 Å². The maximum absolute atomic E-state index is 11.1. The average Bonchev–Trinajstić information content (AvgIpc) is 3.89. The lowest BCUT2D eigenvalue weighted by atomic mass is 10.1. The summed E-state index contributed by atoms with van der Waals surface area (Å²) in [6, 6.07) is 7.22. The van der Waals surface area contributed by atoms with Gasteiger partial charge >= 0.3 is 11.8 Å². The summed E-state index contributed by atoms with van der Waals surface area (Å²) in [6.07, 6.45) is 8.03. The van der Waals surface area contributed by atoms with E-state index in [0.717, 1.165) is 64.5 Å². The predicted molar refractivity (Wildman–Crippen MR) is 189 cm³/mol. The van der Waals surface area contributed by atoms with E-state index >= 15 is 0 Å². The van der Waals surface area contributed by atoms with Crippen molar-refractivity contribution >= 4 is 5.97 Å². The van der Waals surface area contributed by atoms with Crippen LogP contribution in [0.1, 0.15) is 93.5 Å². The molecule has 0 N–H and O–H groups in total. The highest BCUT2D eigenvalue weighted by Gasteiger charge is 2.31. The van der Waals surface area contributed by atoms with Crippen molar-refractivity contribution in [3.63, 3.8) is 0 Å². The zero-order chi connectivity index (χ0) is 36.1. The number of carbonyl (C=O) groups excluding carboxylic acids is 1. The summed E-state index contributed by atoms with van der Waals surface area (Å²) in [7, 11) is 8.29. The number of morpholine rings is 1. The third-order valence-corrected chi connectivity index (χ3v) is 8.23. The fourth-order valence-corrected chi connectivity index (χ4v) is 5.48. The molecule has 0 bridgehead atoms. The normalized spacial score (nSPS) is 20.7. The fraction of sp³-hybridized carbons (Fsp3) is 0.730. The van der Waals surface area contributed by atoms with Gasteiger partial charge in [0.1, 0.15) is 12.4 Å². The van der Waals surface area contributed by atoms with Crippen LogP contribution < -0.4 is 5.82 Å². The molecule has 1 aliphatic carbocycles. The van der Waals surface area contributed by atoms with E-state index in [2.05, 4.69) is 27.6 Å². The fourth-order valence-electron chi connectivity index (χ4n) is 5.48. The Morgan fingerprint density at radius 1 is 0.880 bits per heavy atom. The zero-order valence-corrected chi connectivity index (χ0v) is 30.8. The van der Waals surface area contributed by atoms with E-state index < -0.39 is 12.1 Å².